The molecule has 1 rings (SSSR count). The molecule has 1 atom stereocenters. The van der Waals surface area contributed by atoms with Crippen LogP contribution in [0.5, 0.6) is 0 Å². The lowest BCUT2D eigenvalue weighted by Gasteiger charge is -2.08. The van der Waals surface area contributed by atoms with Crippen molar-refractivity contribution in [3.8, 4) is 0 Å². The highest BCUT2D eigenvalue weighted by molar-refractivity contribution is 5.36. The van der Waals surface area contributed by atoms with Gasteiger partial charge in [-0.05, 0) is 6.07 Å². The Kier molecular flexibility index (Phi) is 3.10. The molecule has 0 saturated heterocycles. The first-order valence-electron chi connectivity index (χ1n) is 3.88. The predicted molar refractivity (Wildman–Crippen MR) is 47.1 cm³/mol. The molecule has 0 bridgehead atoms. The molecule has 0 aromatic heterocycles. The quantitative estimate of drug-likeness (QED) is 0.555. The number of benzene rings is 1. The topological polar surface area (TPSA) is 89.4 Å². The average Bonchev–Trinajstić information content (AvgIpc) is 2.17. The van der Waals surface area contributed by atoms with Crippen LogP contribution < -0.4 is 5.73 Å². The summed E-state index contributed by atoms with van der Waals surface area (Å²) in [7, 11) is 0. The van der Waals surface area contributed by atoms with Crippen LogP contribution in [-0.4, -0.2) is 16.6 Å². The maximum absolute atomic E-state index is 13.0. The first-order valence-corrected chi connectivity index (χ1v) is 3.88. The Morgan fingerprint density at radius 3 is 2.79 bits per heavy atom. The lowest BCUT2D eigenvalue weighted by atomic mass is 10.1. The third-order valence-corrected chi connectivity index (χ3v) is 1.77. The zero-order valence-electron chi connectivity index (χ0n) is 7.18. The van der Waals surface area contributed by atoms with Crippen LogP contribution in [0.1, 0.15) is 11.7 Å². The van der Waals surface area contributed by atoms with Crippen LogP contribution in [0, 0.1) is 15.9 Å². The van der Waals surface area contributed by atoms with Gasteiger partial charge in [0.15, 0.2) is 0 Å². The summed E-state index contributed by atoms with van der Waals surface area (Å²) in [6.07, 6.45) is -1.21. The summed E-state index contributed by atoms with van der Waals surface area (Å²) in [6, 6.07) is 2.95. The number of non-ortho nitro benzene ring substituents is 1. The number of nitrogens with two attached hydrogens (primary N) is 1. The van der Waals surface area contributed by atoms with Crippen molar-refractivity contribution in [3.05, 3.63) is 39.7 Å². The average molecular weight is 200 g/mol. The molecule has 1 unspecified atom stereocenters. The van der Waals surface area contributed by atoms with E-state index < -0.39 is 16.8 Å². The highest BCUT2D eigenvalue weighted by atomic mass is 19.1. The standard InChI is InChI=1S/C8H9FN2O3/c9-7-2-1-5(11(13)14)3-6(7)8(12)4-10/h1-3,8,12H,4,10H2. The second-order valence-corrected chi connectivity index (χ2v) is 2.71. The van der Waals surface area contributed by atoms with Gasteiger partial charge in [-0.2, -0.15) is 0 Å². The Morgan fingerprint density at radius 1 is 1.64 bits per heavy atom. The molecular formula is C8H9FN2O3. The van der Waals surface area contributed by atoms with E-state index >= 15 is 0 Å². The maximum Gasteiger partial charge on any atom is 0.270 e. The van der Waals surface area contributed by atoms with Crippen molar-refractivity contribution >= 4 is 5.69 Å². The maximum atomic E-state index is 13.0. The molecule has 3 N–H and O–H groups in total. The van der Waals surface area contributed by atoms with Crippen LogP contribution in [0.3, 0.4) is 0 Å². The van der Waals surface area contributed by atoms with Crippen molar-refractivity contribution in [3.63, 3.8) is 0 Å². The smallest absolute Gasteiger partial charge is 0.270 e. The number of halogens is 1. The van der Waals surface area contributed by atoms with E-state index in [9.17, 15) is 19.6 Å². The number of nitro benzene ring substituents is 1. The zero-order chi connectivity index (χ0) is 10.7. The molecule has 0 aliphatic carbocycles. The summed E-state index contributed by atoms with van der Waals surface area (Å²) in [5.74, 6) is -0.700. The number of nitro groups is 1. The van der Waals surface area contributed by atoms with Gasteiger partial charge in [-0.3, -0.25) is 10.1 Å². The van der Waals surface area contributed by atoms with Gasteiger partial charge in [0.05, 0.1) is 11.0 Å². The Labute approximate surface area is 79.1 Å². The van der Waals surface area contributed by atoms with Gasteiger partial charge in [0.1, 0.15) is 5.82 Å². The van der Waals surface area contributed by atoms with Gasteiger partial charge in [0.2, 0.25) is 0 Å². The van der Waals surface area contributed by atoms with Gasteiger partial charge in [-0.25, -0.2) is 4.39 Å². The van der Waals surface area contributed by atoms with Crippen LogP contribution in [-0.2, 0) is 0 Å². The summed E-state index contributed by atoms with van der Waals surface area (Å²) in [6.45, 7) is -0.182. The fraction of sp³-hybridized carbons (Fsp3) is 0.250. The van der Waals surface area contributed by atoms with Crippen molar-refractivity contribution in [2.45, 2.75) is 6.10 Å². The number of rotatable bonds is 3. The molecule has 5 nitrogen and oxygen atoms in total. The molecular weight excluding hydrogens is 191 g/mol. The van der Waals surface area contributed by atoms with Gasteiger partial charge in [0, 0.05) is 24.2 Å². The molecule has 0 amide bonds. The SMILES string of the molecule is NCC(O)c1cc([N+](=O)[O-])ccc1F. The number of hydrogen-bond acceptors (Lipinski definition) is 4. The van der Waals surface area contributed by atoms with E-state index in [0.717, 1.165) is 18.2 Å². The summed E-state index contributed by atoms with van der Waals surface area (Å²) in [5.41, 5.74) is 4.69. The van der Waals surface area contributed by atoms with Crippen LogP contribution in [0.4, 0.5) is 10.1 Å². The van der Waals surface area contributed by atoms with Gasteiger partial charge in [0.25, 0.3) is 5.69 Å². The largest absolute Gasteiger partial charge is 0.387 e. The van der Waals surface area contributed by atoms with Crippen molar-refractivity contribution in [2.75, 3.05) is 6.54 Å². The Bertz CT molecular complexity index is 356. The van der Waals surface area contributed by atoms with E-state index in [1.807, 2.05) is 0 Å². The Morgan fingerprint density at radius 2 is 2.29 bits per heavy atom. The molecule has 0 radical (unpaired) electrons. The molecule has 0 aliphatic heterocycles. The molecule has 0 spiro atoms. The summed E-state index contributed by atoms with van der Waals surface area (Å²) < 4.78 is 13.0. The number of nitrogens with zero attached hydrogens (tertiary/aromatic N) is 1. The number of aliphatic hydroxyl groups is 1. The van der Waals surface area contributed by atoms with Gasteiger partial charge >= 0.3 is 0 Å². The fourth-order valence-corrected chi connectivity index (χ4v) is 1.03. The zero-order valence-corrected chi connectivity index (χ0v) is 7.18. The fourth-order valence-electron chi connectivity index (χ4n) is 1.03. The molecule has 0 saturated carbocycles. The predicted octanol–water partition coefficient (Wildman–Crippen LogP) is 0.726. The highest BCUT2D eigenvalue weighted by Crippen LogP contribution is 2.21. The minimum Gasteiger partial charge on any atom is -0.387 e. The second-order valence-electron chi connectivity index (χ2n) is 2.71. The first kappa shape index (κ1) is 10.6. The normalized spacial score (nSPS) is 12.5. The third kappa shape index (κ3) is 2.04. The van der Waals surface area contributed by atoms with E-state index in [1.54, 1.807) is 0 Å². The Hall–Kier alpha value is -1.53. The second kappa shape index (κ2) is 4.12. The number of hydrogen-bond donors (Lipinski definition) is 2. The molecule has 6 heteroatoms. The molecule has 1 aromatic rings. The molecule has 0 aliphatic rings. The van der Waals surface area contributed by atoms with Gasteiger partial charge in [-0.1, -0.05) is 0 Å². The van der Waals surface area contributed by atoms with Crippen molar-refractivity contribution < 1.29 is 14.4 Å². The van der Waals surface area contributed by atoms with Crippen molar-refractivity contribution in [1.29, 1.82) is 0 Å². The lowest BCUT2D eigenvalue weighted by molar-refractivity contribution is -0.385. The summed E-state index contributed by atoms with van der Waals surface area (Å²) >= 11 is 0. The van der Waals surface area contributed by atoms with E-state index in [-0.39, 0.29) is 17.8 Å². The van der Waals surface area contributed by atoms with Gasteiger partial charge in [-0.15, -0.1) is 0 Å². The molecule has 76 valence electrons. The Balaban J connectivity index is 3.14. The summed E-state index contributed by atoms with van der Waals surface area (Å²) in [4.78, 5) is 9.69. The minimum absolute atomic E-state index is 0.151. The molecule has 14 heavy (non-hydrogen) atoms. The van der Waals surface area contributed by atoms with Crippen LogP contribution in [0.25, 0.3) is 0 Å². The van der Waals surface area contributed by atoms with Gasteiger partial charge < -0.3 is 10.8 Å². The van der Waals surface area contributed by atoms with Crippen molar-refractivity contribution in [2.24, 2.45) is 5.73 Å². The number of aliphatic hydroxyl groups excluding tert-OH is 1. The van der Waals surface area contributed by atoms with Crippen LogP contribution in [0.15, 0.2) is 18.2 Å². The van der Waals surface area contributed by atoms with Crippen LogP contribution >= 0.6 is 0 Å². The third-order valence-electron chi connectivity index (χ3n) is 1.77. The highest BCUT2D eigenvalue weighted by Gasteiger charge is 2.15. The first-order chi connectivity index (χ1) is 6.56. The van der Waals surface area contributed by atoms with Crippen LogP contribution in [0.2, 0.25) is 0 Å². The minimum atomic E-state index is -1.21. The van der Waals surface area contributed by atoms with E-state index in [1.165, 1.54) is 0 Å². The lowest BCUT2D eigenvalue weighted by Crippen LogP contribution is -2.13. The van der Waals surface area contributed by atoms with E-state index in [4.69, 9.17) is 5.73 Å². The summed E-state index contributed by atoms with van der Waals surface area (Å²) in [5, 5.41) is 19.6. The molecule has 0 fully saturated rings. The monoisotopic (exact) mass is 200 g/mol. The van der Waals surface area contributed by atoms with Crippen molar-refractivity contribution in [1.82, 2.24) is 0 Å². The van der Waals surface area contributed by atoms with E-state index in [2.05, 4.69) is 0 Å². The van der Waals surface area contributed by atoms with E-state index in [0.29, 0.717) is 0 Å². The molecule has 1 aromatic carbocycles. The molecule has 0 heterocycles.